The monoisotopic (exact) mass is 224 g/mol. The van der Waals surface area contributed by atoms with Crippen LogP contribution in [0.3, 0.4) is 0 Å². The lowest BCUT2D eigenvalue weighted by Gasteiger charge is -2.40. The van der Waals surface area contributed by atoms with Crippen molar-refractivity contribution >= 4 is 11.5 Å². The van der Waals surface area contributed by atoms with E-state index in [-0.39, 0.29) is 0 Å². The van der Waals surface area contributed by atoms with Gasteiger partial charge in [-0.1, -0.05) is 13.8 Å². The lowest BCUT2D eigenvalue weighted by Crippen LogP contribution is -2.36. The summed E-state index contributed by atoms with van der Waals surface area (Å²) in [7, 11) is 0. The van der Waals surface area contributed by atoms with Gasteiger partial charge in [0.05, 0.1) is 5.69 Å². The van der Waals surface area contributed by atoms with Gasteiger partial charge in [0, 0.05) is 16.8 Å². The Morgan fingerprint density at radius 3 is 2.87 bits per heavy atom. The number of aryl methyl sites for hydroxylation is 1. The number of nitrogens with zero attached hydrogens (tertiary/aromatic N) is 1. The summed E-state index contributed by atoms with van der Waals surface area (Å²) < 4.78 is 4.38. The average molecular weight is 224 g/mol. The smallest absolute Gasteiger partial charge is 0.0514 e. The molecule has 0 spiro atoms. The van der Waals surface area contributed by atoms with Crippen LogP contribution in [0.2, 0.25) is 0 Å². The molecule has 0 amide bonds. The fraction of sp³-hybridized carbons (Fsp3) is 0.750. The SMILES string of the molecule is Cc1cc(C2CC(N)CCC2(C)C)sn1. The van der Waals surface area contributed by atoms with E-state index in [0.29, 0.717) is 17.4 Å². The maximum atomic E-state index is 6.07. The van der Waals surface area contributed by atoms with Crippen LogP contribution in [0.25, 0.3) is 0 Å². The minimum Gasteiger partial charge on any atom is -0.328 e. The van der Waals surface area contributed by atoms with Crippen LogP contribution in [-0.2, 0) is 0 Å². The standard InChI is InChI=1S/C12H20N2S/c1-8-6-11(15-14-8)10-7-9(13)4-5-12(10,2)3/h6,9-10H,4-5,7,13H2,1-3H3. The van der Waals surface area contributed by atoms with E-state index < -0.39 is 0 Å². The number of hydrogen-bond acceptors (Lipinski definition) is 3. The molecule has 15 heavy (non-hydrogen) atoms. The van der Waals surface area contributed by atoms with Gasteiger partial charge in [-0.25, -0.2) is 0 Å². The zero-order chi connectivity index (χ0) is 11.1. The summed E-state index contributed by atoms with van der Waals surface area (Å²) in [6, 6.07) is 2.61. The first-order chi connectivity index (χ1) is 6.99. The van der Waals surface area contributed by atoms with Gasteiger partial charge in [-0.15, -0.1) is 0 Å². The van der Waals surface area contributed by atoms with Crippen LogP contribution < -0.4 is 5.73 Å². The molecule has 1 aliphatic carbocycles. The lowest BCUT2D eigenvalue weighted by molar-refractivity contribution is 0.185. The van der Waals surface area contributed by atoms with E-state index >= 15 is 0 Å². The first-order valence-corrected chi connectivity index (χ1v) is 6.45. The molecule has 0 bridgehead atoms. The highest BCUT2D eigenvalue weighted by atomic mass is 32.1. The summed E-state index contributed by atoms with van der Waals surface area (Å²) in [6.45, 7) is 6.78. The van der Waals surface area contributed by atoms with Gasteiger partial charge in [0.25, 0.3) is 0 Å². The molecule has 2 N–H and O–H groups in total. The summed E-state index contributed by atoms with van der Waals surface area (Å²) in [6.07, 6.45) is 3.52. The van der Waals surface area contributed by atoms with Crippen molar-refractivity contribution < 1.29 is 0 Å². The zero-order valence-electron chi connectivity index (χ0n) is 9.79. The zero-order valence-corrected chi connectivity index (χ0v) is 10.6. The lowest BCUT2D eigenvalue weighted by atomic mass is 9.67. The second-order valence-corrected chi connectivity index (χ2v) is 6.28. The topological polar surface area (TPSA) is 38.9 Å². The van der Waals surface area contributed by atoms with Crippen molar-refractivity contribution in [2.24, 2.45) is 11.1 Å². The Morgan fingerprint density at radius 2 is 2.27 bits per heavy atom. The number of aromatic nitrogens is 1. The van der Waals surface area contributed by atoms with Crippen molar-refractivity contribution in [2.45, 2.75) is 52.0 Å². The van der Waals surface area contributed by atoms with Gasteiger partial charge in [-0.2, -0.15) is 4.37 Å². The molecule has 0 aliphatic heterocycles. The molecule has 2 unspecified atom stereocenters. The molecule has 1 aromatic heterocycles. The summed E-state index contributed by atoms with van der Waals surface area (Å²) in [4.78, 5) is 1.42. The van der Waals surface area contributed by atoms with Crippen LogP contribution in [0, 0.1) is 12.3 Å². The Balaban J connectivity index is 2.25. The predicted octanol–water partition coefficient (Wildman–Crippen LogP) is 3.07. The van der Waals surface area contributed by atoms with Crippen molar-refractivity contribution in [3.63, 3.8) is 0 Å². The van der Waals surface area contributed by atoms with Gasteiger partial charge in [0.2, 0.25) is 0 Å². The van der Waals surface area contributed by atoms with Crippen molar-refractivity contribution in [3.05, 3.63) is 16.6 Å². The molecule has 1 aliphatic rings. The molecule has 0 aromatic carbocycles. The highest BCUT2D eigenvalue weighted by molar-refractivity contribution is 7.05. The van der Waals surface area contributed by atoms with E-state index in [1.165, 1.54) is 17.7 Å². The molecule has 3 heteroatoms. The van der Waals surface area contributed by atoms with Crippen LogP contribution in [0.1, 0.15) is 49.6 Å². The van der Waals surface area contributed by atoms with Crippen LogP contribution in [0.4, 0.5) is 0 Å². The van der Waals surface area contributed by atoms with E-state index in [1.54, 1.807) is 11.5 Å². The highest BCUT2D eigenvalue weighted by Gasteiger charge is 2.37. The van der Waals surface area contributed by atoms with Crippen LogP contribution >= 0.6 is 11.5 Å². The number of hydrogen-bond donors (Lipinski definition) is 1. The maximum Gasteiger partial charge on any atom is 0.0514 e. The van der Waals surface area contributed by atoms with Gasteiger partial charge in [0.15, 0.2) is 0 Å². The summed E-state index contributed by atoms with van der Waals surface area (Å²) in [5, 5.41) is 0. The van der Waals surface area contributed by atoms with Crippen LogP contribution in [0.15, 0.2) is 6.07 Å². The largest absolute Gasteiger partial charge is 0.328 e. The number of nitrogens with two attached hydrogens (primary N) is 1. The van der Waals surface area contributed by atoms with E-state index in [9.17, 15) is 0 Å². The molecule has 2 atom stereocenters. The van der Waals surface area contributed by atoms with Gasteiger partial charge >= 0.3 is 0 Å². The van der Waals surface area contributed by atoms with E-state index in [4.69, 9.17) is 5.73 Å². The fourth-order valence-corrected chi connectivity index (χ4v) is 3.59. The quantitative estimate of drug-likeness (QED) is 0.796. The average Bonchev–Trinajstić information content (AvgIpc) is 2.56. The highest BCUT2D eigenvalue weighted by Crippen LogP contribution is 2.47. The Kier molecular flexibility index (Phi) is 2.86. The van der Waals surface area contributed by atoms with Gasteiger partial charge in [0.1, 0.15) is 0 Å². The van der Waals surface area contributed by atoms with E-state index in [0.717, 1.165) is 12.1 Å². The minimum atomic E-state index is 0.380. The Morgan fingerprint density at radius 1 is 1.53 bits per heavy atom. The molecule has 1 heterocycles. The third kappa shape index (κ3) is 2.23. The molecule has 2 nitrogen and oxygen atoms in total. The van der Waals surface area contributed by atoms with Crippen LogP contribution in [0.5, 0.6) is 0 Å². The Hall–Kier alpha value is -0.410. The fourth-order valence-electron chi connectivity index (χ4n) is 2.52. The molecular formula is C12H20N2S. The van der Waals surface area contributed by atoms with Gasteiger partial charge < -0.3 is 5.73 Å². The van der Waals surface area contributed by atoms with E-state index in [2.05, 4.69) is 31.2 Å². The third-order valence-corrected chi connectivity index (χ3v) is 4.62. The first-order valence-electron chi connectivity index (χ1n) is 5.68. The second kappa shape index (κ2) is 3.87. The summed E-state index contributed by atoms with van der Waals surface area (Å²) in [5.41, 5.74) is 7.60. The molecule has 1 saturated carbocycles. The predicted molar refractivity (Wildman–Crippen MR) is 65.2 cm³/mol. The molecule has 1 fully saturated rings. The molecule has 84 valence electrons. The van der Waals surface area contributed by atoms with Crippen molar-refractivity contribution in [1.29, 1.82) is 0 Å². The summed E-state index contributed by atoms with van der Waals surface area (Å²) >= 11 is 1.65. The maximum absolute atomic E-state index is 6.07. The molecular weight excluding hydrogens is 204 g/mol. The van der Waals surface area contributed by atoms with Crippen LogP contribution in [-0.4, -0.2) is 10.4 Å². The molecule has 0 saturated heterocycles. The Bertz CT molecular complexity index is 343. The Labute approximate surface area is 96.1 Å². The van der Waals surface area contributed by atoms with Crippen molar-refractivity contribution in [1.82, 2.24) is 4.37 Å². The minimum absolute atomic E-state index is 0.380. The third-order valence-electron chi connectivity index (χ3n) is 3.63. The van der Waals surface area contributed by atoms with E-state index in [1.807, 2.05) is 0 Å². The first kappa shape index (κ1) is 11.1. The van der Waals surface area contributed by atoms with Crippen molar-refractivity contribution in [3.8, 4) is 0 Å². The summed E-state index contributed by atoms with van der Waals surface area (Å²) in [5.74, 6) is 0.604. The number of rotatable bonds is 1. The molecule has 1 aromatic rings. The normalized spacial score (nSPS) is 30.4. The van der Waals surface area contributed by atoms with Gasteiger partial charge in [-0.3, -0.25) is 0 Å². The second-order valence-electron chi connectivity index (χ2n) is 5.45. The molecule has 0 radical (unpaired) electrons. The van der Waals surface area contributed by atoms with Crippen molar-refractivity contribution in [2.75, 3.05) is 0 Å². The molecule has 2 rings (SSSR count). The van der Waals surface area contributed by atoms with Gasteiger partial charge in [-0.05, 0) is 49.2 Å².